The number of nitrogen functional groups attached to an aromatic ring is 1. The molecule has 0 aromatic heterocycles. The van der Waals surface area contributed by atoms with Crippen molar-refractivity contribution in [3.8, 4) is 5.75 Å². The van der Waals surface area contributed by atoms with Gasteiger partial charge >= 0.3 is 0 Å². The maximum absolute atomic E-state index is 5.83. The minimum Gasteiger partial charge on any atom is -0.491 e. The zero-order chi connectivity index (χ0) is 11.0. The molecule has 2 aliphatic carbocycles. The number of hydrogen-bond donors (Lipinski definition) is 1. The number of ether oxygens (including phenoxy) is 1. The van der Waals surface area contributed by atoms with Crippen LogP contribution in [-0.4, -0.2) is 6.61 Å². The lowest BCUT2D eigenvalue weighted by molar-refractivity contribution is -0.0415. The first-order valence-corrected chi connectivity index (χ1v) is 6.25. The van der Waals surface area contributed by atoms with E-state index in [9.17, 15) is 0 Å². The van der Waals surface area contributed by atoms with Crippen LogP contribution in [-0.2, 0) is 0 Å². The third-order valence-corrected chi connectivity index (χ3v) is 4.25. The first-order chi connectivity index (χ1) is 7.77. The third kappa shape index (κ3) is 1.66. The van der Waals surface area contributed by atoms with Crippen molar-refractivity contribution in [3.63, 3.8) is 0 Å². The van der Waals surface area contributed by atoms with Crippen molar-refractivity contribution in [2.24, 2.45) is 11.3 Å². The van der Waals surface area contributed by atoms with Crippen LogP contribution in [0.25, 0.3) is 0 Å². The van der Waals surface area contributed by atoms with Crippen LogP contribution < -0.4 is 10.5 Å². The highest BCUT2D eigenvalue weighted by Gasteiger charge is 2.48. The molecule has 2 aliphatic rings. The van der Waals surface area contributed by atoms with Crippen LogP contribution in [0.4, 0.5) is 5.69 Å². The highest BCUT2D eigenvalue weighted by molar-refractivity contribution is 5.51. The summed E-state index contributed by atoms with van der Waals surface area (Å²) < 4.78 is 5.78. The summed E-state index contributed by atoms with van der Waals surface area (Å²) in [7, 11) is 0. The molecule has 0 aliphatic heterocycles. The average molecular weight is 217 g/mol. The van der Waals surface area contributed by atoms with Gasteiger partial charge in [0.15, 0.2) is 0 Å². The monoisotopic (exact) mass is 217 g/mol. The van der Waals surface area contributed by atoms with Crippen LogP contribution in [0.5, 0.6) is 5.75 Å². The molecular weight excluding hydrogens is 198 g/mol. The summed E-state index contributed by atoms with van der Waals surface area (Å²) in [6.07, 6.45) is 7.10. The van der Waals surface area contributed by atoms with Gasteiger partial charge in [0.2, 0.25) is 0 Å². The molecule has 2 fully saturated rings. The van der Waals surface area contributed by atoms with Gasteiger partial charge in [0.25, 0.3) is 0 Å². The van der Waals surface area contributed by atoms with Gasteiger partial charge in [-0.15, -0.1) is 0 Å². The second-order valence-electron chi connectivity index (χ2n) is 5.48. The molecule has 0 bridgehead atoms. The first kappa shape index (κ1) is 10.0. The minimum absolute atomic E-state index is 0.746. The van der Waals surface area contributed by atoms with Gasteiger partial charge in [-0.3, -0.25) is 0 Å². The molecule has 3 rings (SSSR count). The van der Waals surface area contributed by atoms with Crippen LogP contribution in [0.2, 0.25) is 0 Å². The Balaban J connectivity index is 1.49. The molecule has 2 saturated carbocycles. The number of rotatable bonds is 3. The lowest BCUT2D eigenvalue weighted by Crippen LogP contribution is -2.44. The Labute approximate surface area is 96.8 Å². The fraction of sp³-hybridized carbons (Fsp3) is 0.571. The molecule has 1 spiro atoms. The SMILES string of the molecule is Nc1ccccc1OCC1CC2(CCC2)C1. The van der Waals surface area contributed by atoms with E-state index in [1.165, 1.54) is 32.1 Å². The second kappa shape index (κ2) is 3.69. The van der Waals surface area contributed by atoms with Crippen LogP contribution in [0.3, 0.4) is 0 Å². The van der Waals surface area contributed by atoms with Gasteiger partial charge in [0.1, 0.15) is 5.75 Å². The molecule has 0 saturated heterocycles. The predicted molar refractivity (Wildman–Crippen MR) is 65.4 cm³/mol. The average Bonchev–Trinajstić information content (AvgIpc) is 2.16. The van der Waals surface area contributed by atoms with Gasteiger partial charge in [0.05, 0.1) is 12.3 Å². The van der Waals surface area contributed by atoms with Crippen molar-refractivity contribution in [2.75, 3.05) is 12.3 Å². The number of hydrogen-bond acceptors (Lipinski definition) is 2. The summed E-state index contributed by atoms with van der Waals surface area (Å²) in [6.45, 7) is 0.843. The van der Waals surface area contributed by atoms with E-state index in [1.807, 2.05) is 24.3 Å². The smallest absolute Gasteiger partial charge is 0.142 e. The standard InChI is InChI=1S/C14H19NO/c15-12-4-1-2-5-13(12)16-10-11-8-14(9-11)6-3-7-14/h1-2,4-5,11H,3,6-10,15H2. The molecule has 16 heavy (non-hydrogen) atoms. The lowest BCUT2D eigenvalue weighted by atomic mass is 9.52. The molecule has 2 nitrogen and oxygen atoms in total. The Kier molecular flexibility index (Phi) is 2.31. The Hall–Kier alpha value is -1.18. The normalized spacial score (nSPS) is 22.5. The van der Waals surface area contributed by atoms with E-state index < -0.39 is 0 Å². The maximum atomic E-state index is 5.83. The molecule has 0 unspecified atom stereocenters. The second-order valence-corrected chi connectivity index (χ2v) is 5.48. The van der Waals surface area contributed by atoms with E-state index in [4.69, 9.17) is 10.5 Å². The van der Waals surface area contributed by atoms with Gasteiger partial charge in [-0.1, -0.05) is 18.6 Å². The largest absolute Gasteiger partial charge is 0.491 e. The zero-order valence-electron chi connectivity index (χ0n) is 9.61. The van der Waals surface area contributed by atoms with E-state index in [0.29, 0.717) is 0 Å². The summed E-state index contributed by atoms with van der Waals surface area (Å²) in [6, 6.07) is 7.76. The highest BCUT2D eigenvalue weighted by Crippen LogP contribution is 2.58. The minimum atomic E-state index is 0.746. The van der Waals surface area contributed by atoms with Gasteiger partial charge in [-0.25, -0.2) is 0 Å². The fourth-order valence-corrected chi connectivity index (χ4v) is 3.19. The first-order valence-electron chi connectivity index (χ1n) is 6.25. The van der Waals surface area contributed by atoms with E-state index in [-0.39, 0.29) is 0 Å². The van der Waals surface area contributed by atoms with Crippen molar-refractivity contribution in [3.05, 3.63) is 24.3 Å². The summed E-state index contributed by atoms with van der Waals surface area (Å²) in [5.41, 5.74) is 7.33. The molecule has 2 N–H and O–H groups in total. The van der Waals surface area contributed by atoms with Crippen molar-refractivity contribution < 1.29 is 4.74 Å². The summed E-state index contributed by atoms with van der Waals surface area (Å²) in [5.74, 6) is 1.61. The fourth-order valence-electron chi connectivity index (χ4n) is 3.19. The molecule has 1 aromatic carbocycles. The molecule has 0 amide bonds. The molecule has 0 heterocycles. The van der Waals surface area contributed by atoms with Gasteiger partial charge in [-0.2, -0.15) is 0 Å². The van der Waals surface area contributed by atoms with Gasteiger partial charge < -0.3 is 10.5 Å². The molecule has 2 heteroatoms. The number of anilines is 1. The van der Waals surface area contributed by atoms with Crippen molar-refractivity contribution in [1.29, 1.82) is 0 Å². The summed E-state index contributed by atoms with van der Waals surface area (Å²) in [4.78, 5) is 0. The Morgan fingerprint density at radius 1 is 1.25 bits per heavy atom. The quantitative estimate of drug-likeness (QED) is 0.789. The van der Waals surface area contributed by atoms with E-state index >= 15 is 0 Å². The summed E-state index contributed by atoms with van der Waals surface area (Å²) in [5, 5.41) is 0. The Bertz CT molecular complexity index is 376. The predicted octanol–water partition coefficient (Wildman–Crippen LogP) is 3.23. The molecular formula is C14H19NO. The molecule has 1 aromatic rings. The maximum Gasteiger partial charge on any atom is 0.142 e. The Morgan fingerprint density at radius 3 is 2.62 bits per heavy atom. The number of benzene rings is 1. The molecule has 0 atom stereocenters. The summed E-state index contributed by atoms with van der Waals surface area (Å²) >= 11 is 0. The van der Waals surface area contributed by atoms with Crippen LogP contribution >= 0.6 is 0 Å². The van der Waals surface area contributed by atoms with Gasteiger partial charge in [0, 0.05) is 0 Å². The van der Waals surface area contributed by atoms with Crippen molar-refractivity contribution in [1.82, 2.24) is 0 Å². The van der Waals surface area contributed by atoms with Crippen molar-refractivity contribution in [2.45, 2.75) is 32.1 Å². The number of nitrogens with two attached hydrogens (primary N) is 1. The van der Waals surface area contributed by atoms with E-state index in [1.54, 1.807) is 0 Å². The molecule has 0 radical (unpaired) electrons. The zero-order valence-corrected chi connectivity index (χ0v) is 9.61. The lowest BCUT2D eigenvalue weighted by Gasteiger charge is -2.54. The van der Waals surface area contributed by atoms with Crippen LogP contribution in [0.15, 0.2) is 24.3 Å². The highest BCUT2D eigenvalue weighted by atomic mass is 16.5. The van der Waals surface area contributed by atoms with Crippen molar-refractivity contribution >= 4 is 5.69 Å². The van der Waals surface area contributed by atoms with Crippen LogP contribution in [0.1, 0.15) is 32.1 Å². The van der Waals surface area contributed by atoms with E-state index in [0.717, 1.165) is 29.4 Å². The molecule has 86 valence electrons. The van der Waals surface area contributed by atoms with Gasteiger partial charge in [-0.05, 0) is 49.1 Å². The Morgan fingerprint density at radius 2 is 2.00 bits per heavy atom. The number of para-hydroxylation sites is 2. The third-order valence-electron chi connectivity index (χ3n) is 4.25. The van der Waals surface area contributed by atoms with E-state index in [2.05, 4.69) is 0 Å². The van der Waals surface area contributed by atoms with Crippen LogP contribution in [0, 0.1) is 11.3 Å². The topological polar surface area (TPSA) is 35.2 Å².